The summed E-state index contributed by atoms with van der Waals surface area (Å²) < 4.78 is 18.9. The molecule has 0 bridgehead atoms. The molecule has 0 saturated carbocycles. The molecule has 2 amide bonds. The van der Waals surface area contributed by atoms with Crippen molar-refractivity contribution in [1.29, 1.82) is 0 Å². The summed E-state index contributed by atoms with van der Waals surface area (Å²) in [5.41, 5.74) is 3.06. The molecule has 0 saturated heterocycles. The fourth-order valence-corrected chi connectivity index (χ4v) is 4.45. The lowest BCUT2D eigenvalue weighted by Gasteiger charge is -2.29. The highest BCUT2D eigenvalue weighted by Gasteiger charge is 2.28. The van der Waals surface area contributed by atoms with E-state index < -0.39 is 11.7 Å². The molecule has 0 spiro atoms. The number of nitrogens with one attached hydrogen (secondary N) is 1. The molecule has 3 heterocycles. The summed E-state index contributed by atoms with van der Waals surface area (Å²) in [6.07, 6.45) is 1.71. The number of rotatable bonds is 5. The molecule has 10 heteroatoms. The van der Waals surface area contributed by atoms with Gasteiger partial charge in [-0.05, 0) is 48.5 Å². The summed E-state index contributed by atoms with van der Waals surface area (Å²) in [6.45, 7) is -0.424. The predicted octanol–water partition coefficient (Wildman–Crippen LogP) is 5.03. The zero-order chi connectivity index (χ0) is 23.7. The van der Waals surface area contributed by atoms with Crippen molar-refractivity contribution in [3.8, 4) is 27.7 Å². The number of carbonyl (C=O) groups is 2. The fourth-order valence-electron chi connectivity index (χ4n) is 3.47. The molecule has 2 aromatic heterocycles. The van der Waals surface area contributed by atoms with Crippen molar-refractivity contribution in [1.82, 2.24) is 9.97 Å². The number of amides is 2. The van der Waals surface area contributed by atoms with Gasteiger partial charge in [0, 0.05) is 22.8 Å². The average molecular weight is 495 g/mol. The summed E-state index contributed by atoms with van der Waals surface area (Å²) in [4.78, 5) is 35.6. The predicted molar refractivity (Wildman–Crippen MR) is 129 cm³/mol. The number of pyridine rings is 1. The maximum Gasteiger partial charge on any atom is 0.265 e. The second-order valence-corrected chi connectivity index (χ2v) is 8.65. The number of ether oxygens (including phenoxy) is 1. The monoisotopic (exact) mass is 494 g/mol. The van der Waals surface area contributed by atoms with E-state index in [9.17, 15) is 14.0 Å². The van der Waals surface area contributed by atoms with Crippen LogP contribution in [-0.2, 0) is 9.59 Å². The molecule has 1 aliphatic heterocycles. The Hall–Kier alpha value is -3.82. The zero-order valence-corrected chi connectivity index (χ0v) is 19.1. The molecule has 7 nitrogen and oxygen atoms in total. The number of hydrogen-bond acceptors (Lipinski definition) is 6. The minimum absolute atomic E-state index is 0.108. The molecule has 5 rings (SSSR count). The standard InChI is InChI=1S/C24H16ClFN4O3S/c25-16-10-15(5-6-17(16)26)28-22(31)11-30-20-9-14(4-7-21(20)33-12-23(30)32)19-13-34-24(29-19)18-3-1-2-8-27-18/h1-10,13H,11-12H2,(H,28,31). The lowest BCUT2D eigenvalue weighted by molar-refractivity contribution is -0.123. The molecule has 2 aromatic carbocycles. The Morgan fingerprint density at radius 2 is 2.06 bits per heavy atom. The first kappa shape index (κ1) is 22.0. The largest absolute Gasteiger partial charge is 0.482 e. The van der Waals surface area contributed by atoms with Crippen LogP contribution in [0.3, 0.4) is 0 Å². The molecule has 0 atom stereocenters. The normalized spacial score (nSPS) is 12.8. The van der Waals surface area contributed by atoms with Crippen LogP contribution in [0.5, 0.6) is 5.75 Å². The van der Waals surface area contributed by atoms with E-state index in [1.807, 2.05) is 29.6 Å². The molecule has 0 radical (unpaired) electrons. The number of fused-ring (bicyclic) bond motifs is 1. The summed E-state index contributed by atoms with van der Waals surface area (Å²) in [5, 5.41) is 5.21. The topological polar surface area (TPSA) is 84.4 Å². The average Bonchev–Trinajstić information content (AvgIpc) is 3.34. The maximum atomic E-state index is 13.4. The highest BCUT2D eigenvalue weighted by molar-refractivity contribution is 7.13. The van der Waals surface area contributed by atoms with Crippen molar-refractivity contribution >= 4 is 46.1 Å². The van der Waals surface area contributed by atoms with E-state index in [1.165, 1.54) is 28.4 Å². The van der Waals surface area contributed by atoms with Crippen molar-refractivity contribution in [2.75, 3.05) is 23.4 Å². The van der Waals surface area contributed by atoms with Gasteiger partial charge in [-0.3, -0.25) is 19.5 Å². The number of carbonyl (C=O) groups excluding carboxylic acids is 2. The Morgan fingerprint density at radius 3 is 2.85 bits per heavy atom. The van der Waals surface area contributed by atoms with Gasteiger partial charge in [0.15, 0.2) is 6.61 Å². The van der Waals surface area contributed by atoms with Gasteiger partial charge < -0.3 is 10.1 Å². The number of benzene rings is 2. The minimum atomic E-state index is -0.585. The molecular weight excluding hydrogens is 479 g/mol. The van der Waals surface area contributed by atoms with Crippen LogP contribution in [0, 0.1) is 5.82 Å². The number of thiazole rings is 1. The van der Waals surface area contributed by atoms with Gasteiger partial charge in [0.05, 0.1) is 22.1 Å². The number of hydrogen-bond donors (Lipinski definition) is 1. The van der Waals surface area contributed by atoms with Gasteiger partial charge in [-0.2, -0.15) is 0 Å². The third-order valence-corrected chi connectivity index (χ3v) is 6.25. The molecule has 0 unspecified atom stereocenters. The van der Waals surface area contributed by atoms with Gasteiger partial charge in [0.25, 0.3) is 5.91 Å². The number of aromatic nitrogens is 2. The van der Waals surface area contributed by atoms with E-state index in [0.29, 0.717) is 17.1 Å². The van der Waals surface area contributed by atoms with E-state index >= 15 is 0 Å². The summed E-state index contributed by atoms with van der Waals surface area (Å²) in [5.74, 6) is -0.913. The van der Waals surface area contributed by atoms with Gasteiger partial charge in [0.2, 0.25) is 5.91 Å². The van der Waals surface area contributed by atoms with Gasteiger partial charge in [-0.25, -0.2) is 9.37 Å². The lowest BCUT2D eigenvalue weighted by atomic mass is 10.1. The van der Waals surface area contributed by atoms with E-state index in [1.54, 1.807) is 18.3 Å². The summed E-state index contributed by atoms with van der Waals surface area (Å²) in [7, 11) is 0. The van der Waals surface area contributed by atoms with Gasteiger partial charge in [-0.15, -0.1) is 11.3 Å². The second-order valence-electron chi connectivity index (χ2n) is 7.38. The highest BCUT2D eigenvalue weighted by atomic mass is 35.5. The van der Waals surface area contributed by atoms with Crippen molar-refractivity contribution in [2.24, 2.45) is 0 Å². The molecule has 1 N–H and O–H groups in total. The smallest absolute Gasteiger partial charge is 0.265 e. The van der Waals surface area contributed by atoms with Crippen LogP contribution in [0.15, 0.2) is 66.2 Å². The van der Waals surface area contributed by atoms with Crippen LogP contribution >= 0.6 is 22.9 Å². The van der Waals surface area contributed by atoms with Crippen LogP contribution < -0.4 is 15.0 Å². The molecule has 0 fully saturated rings. The van der Waals surface area contributed by atoms with E-state index in [4.69, 9.17) is 16.3 Å². The van der Waals surface area contributed by atoms with Crippen molar-refractivity contribution < 1.29 is 18.7 Å². The fraction of sp³-hybridized carbons (Fsp3) is 0.0833. The highest BCUT2D eigenvalue weighted by Crippen LogP contribution is 2.37. The SMILES string of the molecule is O=C(CN1C(=O)COc2ccc(-c3csc(-c4ccccn4)n3)cc21)Nc1ccc(F)c(Cl)c1. The third kappa shape index (κ3) is 4.48. The van der Waals surface area contributed by atoms with Crippen LogP contribution in [0.2, 0.25) is 5.02 Å². The zero-order valence-electron chi connectivity index (χ0n) is 17.5. The quantitative estimate of drug-likeness (QED) is 0.420. The van der Waals surface area contributed by atoms with Crippen LogP contribution in [0.4, 0.5) is 15.8 Å². The van der Waals surface area contributed by atoms with Crippen molar-refractivity contribution in [2.45, 2.75) is 0 Å². The lowest BCUT2D eigenvalue weighted by Crippen LogP contribution is -2.43. The first-order chi connectivity index (χ1) is 16.5. The van der Waals surface area contributed by atoms with E-state index in [0.717, 1.165) is 28.0 Å². The number of anilines is 2. The molecule has 1 aliphatic rings. The van der Waals surface area contributed by atoms with Crippen LogP contribution in [0.1, 0.15) is 0 Å². The maximum absolute atomic E-state index is 13.4. The first-order valence-electron chi connectivity index (χ1n) is 10.2. The van der Waals surface area contributed by atoms with E-state index in [2.05, 4.69) is 15.3 Å². The van der Waals surface area contributed by atoms with Gasteiger partial charge >= 0.3 is 0 Å². The van der Waals surface area contributed by atoms with Crippen molar-refractivity contribution in [3.63, 3.8) is 0 Å². The Kier molecular flexibility index (Phi) is 5.95. The molecular formula is C24H16ClFN4O3S. The Morgan fingerprint density at radius 1 is 1.18 bits per heavy atom. The van der Waals surface area contributed by atoms with Crippen molar-refractivity contribution in [3.05, 3.63) is 77.0 Å². The van der Waals surface area contributed by atoms with Crippen LogP contribution in [-0.4, -0.2) is 34.9 Å². The molecule has 4 aromatic rings. The number of nitrogens with zero attached hydrogens (tertiary/aromatic N) is 3. The second kappa shape index (κ2) is 9.20. The molecule has 0 aliphatic carbocycles. The van der Waals surface area contributed by atoms with E-state index in [-0.39, 0.29) is 24.1 Å². The molecule has 34 heavy (non-hydrogen) atoms. The molecule has 170 valence electrons. The Bertz CT molecular complexity index is 1400. The van der Waals surface area contributed by atoms with Crippen LogP contribution in [0.25, 0.3) is 22.0 Å². The first-order valence-corrected chi connectivity index (χ1v) is 11.4. The summed E-state index contributed by atoms with van der Waals surface area (Å²) >= 11 is 7.24. The Labute approximate surface area is 202 Å². The van der Waals surface area contributed by atoms with Gasteiger partial charge in [-0.1, -0.05) is 17.7 Å². The number of halogens is 2. The summed E-state index contributed by atoms with van der Waals surface area (Å²) in [6, 6.07) is 14.9. The van der Waals surface area contributed by atoms with Gasteiger partial charge in [0.1, 0.15) is 23.1 Å². The Balaban J connectivity index is 1.39. The third-order valence-electron chi connectivity index (χ3n) is 5.09. The minimum Gasteiger partial charge on any atom is -0.482 e.